The summed E-state index contributed by atoms with van der Waals surface area (Å²) in [5, 5.41) is 7.11. The highest BCUT2D eigenvalue weighted by atomic mass is 35.5. The molecular formula is C19H15Cl3N4O3. The molecule has 3 rings (SSSR count). The van der Waals surface area contributed by atoms with Crippen molar-refractivity contribution in [1.29, 1.82) is 0 Å². The van der Waals surface area contributed by atoms with Crippen molar-refractivity contribution < 1.29 is 14.3 Å². The molecule has 2 heterocycles. The molecule has 0 unspecified atom stereocenters. The molecule has 0 aliphatic heterocycles. The Balaban J connectivity index is 1.68. The van der Waals surface area contributed by atoms with Crippen LogP contribution in [0.5, 0.6) is 0 Å². The van der Waals surface area contributed by atoms with Crippen LogP contribution in [0.15, 0.2) is 36.5 Å². The highest BCUT2D eigenvalue weighted by Gasteiger charge is 2.20. The molecule has 10 heteroatoms. The van der Waals surface area contributed by atoms with Gasteiger partial charge in [-0.2, -0.15) is 5.10 Å². The third kappa shape index (κ3) is 4.53. The minimum atomic E-state index is -0.892. The number of carbonyl (C=O) groups is 2. The van der Waals surface area contributed by atoms with Gasteiger partial charge in [-0.25, -0.2) is 14.5 Å². The van der Waals surface area contributed by atoms with Crippen molar-refractivity contribution in [2.45, 2.75) is 13.8 Å². The van der Waals surface area contributed by atoms with Gasteiger partial charge in [0.2, 0.25) is 0 Å². The van der Waals surface area contributed by atoms with Crippen molar-refractivity contribution in [1.82, 2.24) is 14.8 Å². The van der Waals surface area contributed by atoms with Crippen LogP contribution < -0.4 is 5.32 Å². The molecule has 0 saturated carbocycles. The van der Waals surface area contributed by atoms with Gasteiger partial charge in [0, 0.05) is 6.20 Å². The summed E-state index contributed by atoms with van der Waals surface area (Å²) in [6.07, 6.45) is 1.18. The van der Waals surface area contributed by atoms with Crippen LogP contribution in [0.25, 0.3) is 5.69 Å². The van der Waals surface area contributed by atoms with E-state index >= 15 is 0 Å². The number of aryl methyl sites for hydroxylation is 1. The van der Waals surface area contributed by atoms with Gasteiger partial charge in [0.25, 0.3) is 5.91 Å². The quantitative estimate of drug-likeness (QED) is 0.569. The van der Waals surface area contributed by atoms with Crippen molar-refractivity contribution >= 4 is 52.4 Å². The molecule has 3 aromatic rings. The molecule has 0 fully saturated rings. The van der Waals surface area contributed by atoms with Gasteiger partial charge < -0.3 is 10.1 Å². The monoisotopic (exact) mass is 452 g/mol. The summed E-state index contributed by atoms with van der Waals surface area (Å²) in [6.45, 7) is 3.06. The zero-order chi connectivity index (χ0) is 21.1. The van der Waals surface area contributed by atoms with Crippen LogP contribution >= 0.6 is 34.8 Å². The Kier molecular flexibility index (Phi) is 6.42. The molecule has 150 valence electrons. The fraction of sp³-hybridized carbons (Fsp3) is 0.158. The highest BCUT2D eigenvalue weighted by Crippen LogP contribution is 2.31. The van der Waals surface area contributed by atoms with Crippen molar-refractivity contribution in [2.24, 2.45) is 0 Å². The summed E-state index contributed by atoms with van der Waals surface area (Å²) < 4.78 is 6.70. The Bertz CT molecular complexity index is 1080. The maximum Gasteiger partial charge on any atom is 0.359 e. The van der Waals surface area contributed by atoms with E-state index in [2.05, 4.69) is 15.4 Å². The summed E-state index contributed by atoms with van der Waals surface area (Å²) in [5.74, 6) is -1.43. The number of carbonyl (C=O) groups excluding carboxylic acids is 2. The van der Waals surface area contributed by atoms with Gasteiger partial charge >= 0.3 is 5.97 Å². The molecule has 0 aliphatic carbocycles. The Morgan fingerprint density at radius 2 is 1.79 bits per heavy atom. The van der Waals surface area contributed by atoms with Gasteiger partial charge in [-0.3, -0.25) is 4.79 Å². The molecule has 0 aliphatic rings. The molecule has 29 heavy (non-hydrogen) atoms. The summed E-state index contributed by atoms with van der Waals surface area (Å²) in [5.41, 5.74) is 2.54. The highest BCUT2D eigenvalue weighted by molar-refractivity contribution is 6.48. The van der Waals surface area contributed by atoms with Crippen LogP contribution in [0.1, 0.15) is 21.9 Å². The molecule has 0 saturated heterocycles. The van der Waals surface area contributed by atoms with Crippen LogP contribution in [-0.4, -0.2) is 33.2 Å². The molecular weight excluding hydrogens is 439 g/mol. The van der Waals surface area contributed by atoms with E-state index < -0.39 is 18.5 Å². The van der Waals surface area contributed by atoms with Gasteiger partial charge in [-0.05, 0) is 26.0 Å². The molecule has 0 atom stereocenters. The first-order valence-corrected chi connectivity index (χ1v) is 9.51. The molecule has 0 spiro atoms. The lowest BCUT2D eigenvalue weighted by atomic mass is 10.3. The second-order valence-corrected chi connectivity index (χ2v) is 7.16. The van der Waals surface area contributed by atoms with Crippen molar-refractivity contribution in [3.05, 3.63) is 68.7 Å². The van der Waals surface area contributed by atoms with Crippen LogP contribution in [0.2, 0.25) is 15.1 Å². The Labute approximate surface area is 181 Å². The molecule has 0 bridgehead atoms. The smallest absolute Gasteiger partial charge is 0.359 e. The van der Waals surface area contributed by atoms with E-state index in [0.29, 0.717) is 11.4 Å². The molecule has 0 radical (unpaired) electrons. The standard InChI is InChI=1S/C19H15Cl3N4O3/c1-10-17(11(2)26(25-10)12-6-4-3-5-7-12)24-14(27)9-29-19(28)18-16(22)15(21)13(20)8-23-18/h3-8H,9H2,1-2H3,(H,24,27). The Hall–Kier alpha value is -2.61. The Morgan fingerprint density at radius 1 is 1.10 bits per heavy atom. The van der Waals surface area contributed by atoms with Gasteiger partial charge in [0.1, 0.15) is 0 Å². The number of amides is 1. The SMILES string of the molecule is Cc1nn(-c2ccccc2)c(C)c1NC(=O)COC(=O)c1ncc(Cl)c(Cl)c1Cl. The minimum Gasteiger partial charge on any atom is -0.451 e. The summed E-state index contributed by atoms with van der Waals surface area (Å²) >= 11 is 17.6. The van der Waals surface area contributed by atoms with Gasteiger partial charge in [-0.15, -0.1) is 0 Å². The fourth-order valence-electron chi connectivity index (χ4n) is 2.60. The first-order valence-electron chi connectivity index (χ1n) is 8.37. The number of hydrogen-bond donors (Lipinski definition) is 1. The van der Waals surface area contributed by atoms with E-state index in [1.54, 1.807) is 11.6 Å². The van der Waals surface area contributed by atoms with E-state index in [4.69, 9.17) is 39.5 Å². The van der Waals surface area contributed by atoms with E-state index in [9.17, 15) is 9.59 Å². The lowest BCUT2D eigenvalue weighted by Crippen LogP contribution is -2.22. The third-order valence-corrected chi connectivity index (χ3v) is 5.24. The number of nitrogens with one attached hydrogen (secondary N) is 1. The Morgan fingerprint density at radius 3 is 2.48 bits per heavy atom. The van der Waals surface area contributed by atoms with E-state index in [-0.39, 0.29) is 20.8 Å². The predicted molar refractivity (Wildman–Crippen MR) is 111 cm³/mol. The zero-order valence-corrected chi connectivity index (χ0v) is 17.6. The average molecular weight is 454 g/mol. The van der Waals surface area contributed by atoms with Crippen LogP contribution in [-0.2, 0) is 9.53 Å². The number of aromatic nitrogens is 3. The first kappa shape index (κ1) is 21.1. The fourth-order valence-corrected chi connectivity index (χ4v) is 3.16. The number of ether oxygens (including phenoxy) is 1. The second-order valence-electron chi connectivity index (χ2n) is 6.00. The number of para-hydroxylation sites is 1. The molecule has 1 aromatic carbocycles. The average Bonchev–Trinajstić information content (AvgIpc) is 2.99. The zero-order valence-electron chi connectivity index (χ0n) is 15.4. The van der Waals surface area contributed by atoms with Crippen molar-refractivity contribution in [3.8, 4) is 5.69 Å². The molecule has 1 amide bonds. The minimum absolute atomic E-state index is 0.0145. The summed E-state index contributed by atoms with van der Waals surface area (Å²) in [6, 6.07) is 9.50. The number of anilines is 1. The van der Waals surface area contributed by atoms with E-state index in [1.165, 1.54) is 6.20 Å². The molecule has 2 aromatic heterocycles. The topological polar surface area (TPSA) is 86.1 Å². The van der Waals surface area contributed by atoms with Crippen molar-refractivity contribution in [3.63, 3.8) is 0 Å². The van der Waals surface area contributed by atoms with Gasteiger partial charge in [-0.1, -0.05) is 53.0 Å². The number of benzene rings is 1. The lowest BCUT2D eigenvalue weighted by Gasteiger charge is -2.09. The van der Waals surface area contributed by atoms with E-state index in [1.807, 2.05) is 37.3 Å². The number of hydrogen-bond acceptors (Lipinski definition) is 5. The normalized spacial score (nSPS) is 10.7. The van der Waals surface area contributed by atoms with Crippen LogP contribution in [0.3, 0.4) is 0 Å². The number of halogens is 3. The van der Waals surface area contributed by atoms with E-state index in [0.717, 1.165) is 11.4 Å². The first-order chi connectivity index (χ1) is 13.8. The second kappa shape index (κ2) is 8.82. The lowest BCUT2D eigenvalue weighted by molar-refractivity contribution is -0.119. The number of rotatable bonds is 5. The molecule has 1 N–H and O–H groups in total. The van der Waals surface area contributed by atoms with Crippen molar-refractivity contribution in [2.75, 3.05) is 11.9 Å². The van der Waals surface area contributed by atoms with Crippen LogP contribution in [0.4, 0.5) is 5.69 Å². The summed E-state index contributed by atoms with van der Waals surface area (Å²) in [7, 11) is 0. The largest absolute Gasteiger partial charge is 0.451 e. The van der Waals surface area contributed by atoms with Gasteiger partial charge in [0.15, 0.2) is 12.3 Å². The molecule has 7 nitrogen and oxygen atoms in total. The summed E-state index contributed by atoms with van der Waals surface area (Å²) in [4.78, 5) is 28.2. The maximum absolute atomic E-state index is 12.3. The van der Waals surface area contributed by atoms with Gasteiger partial charge in [0.05, 0.1) is 37.8 Å². The third-order valence-electron chi connectivity index (χ3n) is 4.00. The van der Waals surface area contributed by atoms with Crippen LogP contribution in [0, 0.1) is 13.8 Å². The number of nitrogens with zero attached hydrogens (tertiary/aromatic N) is 3. The predicted octanol–water partition coefficient (Wildman–Crippen LogP) is 4.64. The maximum atomic E-state index is 12.3. The number of esters is 1. The number of pyridine rings is 1.